The van der Waals surface area contributed by atoms with Crippen LogP contribution in [0.1, 0.15) is 22.6 Å². The molecule has 148 valence electrons. The molecule has 0 aliphatic heterocycles. The number of rotatable bonds is 6. The zero-order valence-corrected chi connectivity index (χ0v) is 16.9. The Balaban J connectivity index is 1.36. The smallest absolute Gasteiger partial charge is 0.308 e. The lowest BCUT2D eigenvalue weighted by Crippen LogP contribution is -2.22. The molecule has 0 fully saturated rings. The number of thiophene rings is 1. The van der Waals surface area contributed by atoms with Gasteiger partial charge in [-0.15, -0.1) is 11.3 Å². The first-order chi connectivity index (χ1) is 14.0. The molecule has 0 aliphatic rings. The molecule has 3 heterocycles. The standard InChI is InChI=1S/C21H19N3O4S/c1-13-14(2)29-20-19(13)21(26)24(12-22-20)9-8-18(25)27-11-16-10-17(23-28-16)15-6-4-3-5-7-15/h3-7,10,12H,8-9,11H2,1-2H3. The van der Waals surface area contributed by atoms with Crippen molar-refractivity contribution in [2.45, 2.75) is 33.4 Å². The molecule has 0 radical (unpaired) electrons. The van der Waals surface area contributed by atoms with Crippen LogP contribution < -0.4 is 5.56 Å². The second kappa shape index (κ2) is 8.00. The maximum Gasteiger partial charge on any atom is 0.308 e. The van der Waals surface area contributed by atoms with Crippen LogP contribution in [-0.4, -0.2) is 20.7 Å². The highest BCUT2D eigenvalue weighted by molar-refractivity contribution is 7.18. The number of ether oxygens (including phenoxy) is 1. The van der Waals surface area contributed by atoms with Crippen molar-refractivity contribution in [3.8, 4) is 11.3 Å². The topological polar surface area (TPSA) is 87.2 Å². The maximum absolute atomic E-state index is 12.6. The third-order valence-corrected chi connectivity index (χ3v) is 5.83. The first kappa shape index (κ1) is 19.1. The summed E-state index contributed by atoms with van der Waals surface area (Å²) in [6, 6.07) is 11.3. The molecule has 0 N–H and O–H groups in total. The Morgan fingerprint density at radius 2 is 2.03 bits per heavy atom. The van der Waals surface area contributed by atoms with Gasteiger partial charge >= 0.3 is 5.97 Å². The summed E-state index contributed by atoms with van der Waals surface area (Å²) >= 11 is 1.50. The van der Waals surface area contributed by atoms with Crippen LogP contribution >= 0.6 is 11.3 Å². The van der Waals surface area contributed by atoms with E-state index in [2.05, 4.69) is 10.1 Å². The van der Waals surface area contributed by atoms with Gasteiger partial charge in [-0.3, -0.25) is 14.2 Å². The fourth-order valence-corrected chi connectivity index (χ4v) is 3.98. The van der Waals surface area contributed by atoms with Crippen LogP contribution in [-0.2, 0) is 22.7 Å². The van der Waals surface area contributed by atoms with Crippen molar-refractivity contribution in [1.29, 1.82) is 0 Å². The maximum atomic E-state index is 12.6. The molecule has 4 aromatic rings. The number of hydrogen-bond acceptors (Lipinski definition) is 7. The van der Waals surface area contributed by atoms with Crippen molar-refractivity contribution < 1.29 is 14.1 Å². The average molecular weight is 409 g/mol. The number of aromatic nitrogens is 3. The van der Waals surface area contributed by atoms with E-state index in [1.807, 2.05) is 44.2 Å². The van der Waals surface area contributed by atoms with Crippen LogP contribution in [0.3, 0.4) is 0 Å². The fraction of sp³-hybridized carbons (Fsp3) is 0.238. The van der Waals surface area contributed by atoms with E-state index in [4.69, 9.17) is 9.26 Å². The SMILES string of the molecule is Cc1sc2ncn(CCC(=O)OCc3cc(-c4ccccc4)no3)c(=O)c2c1C. The quantitative estimate of drug-likeness (QED) is 0.449. The molecule has 0 aliphatic carbocycles. The summed E-state index contributed by atoms with van der Waals surface area (Å²) in [5.74, 6) is 0.0368. The Bertz CT molecular complexity index is 1220. The van der Waals surface area contributed by atoms with Crippen molar-refractivity contribution in [2.24, 2.45) is 0 Å². The van der Waals surface area contributed by atoms with Crippen molar-refractivity contribution in [1.82, 2.24) is 14.7 Å². The zero-order chi connectivity index (χ0) is 20.4. The molecule has 3 aromatic heterocycles. The van der Waals surface area contributed by atoms with Crippen LogP contribution in [0, 0.1) is 13.8 Å². The number of benzene rings is 1. The van der Waals surface area contributed by atoms with Gasteiger partial charge in [-0.2, -0.15) is 0 Å². The van der Waals surface area contributed by atoms with Crippen molar-refractivity contribution in [3.05, 3.63) is 69.3 Å². The normalized spacial score (nSPS) is 11.1. The minimum Gasteiger partial charge on any atom is -0.457 e. The zero-order valence-electron chi connectivity index (χ0n) is 16.0. The van der Waals surface area contributed by atoms with Gasteiger partial charge in [-0.1, -0.05) is 35.5 Å². The predicted molar refractivity (Wildman–Crippen MR) is 110 cm³/mol. The van der Waals surface area contributed by atoms with E-state index in [0.29, 0.717) is 16.8 Å². The average Bonchev–Trinajstić information content (AvgIpc) is 3.32. The van der Waals surface area contributed by atoms with E-state index < -0.39 is 5.97 Å². The van der Waals surface area contributed by atoms with Gasteiger partial charge in [0.05, 0.1) is 18.1 Å². The minimum atomic E-state index is -0.423. The fourth-order valence-electron chi connectivity index (χ4n) is 2.99. The molecule has 8 heteroatoms. The second-order valence-corrected chi connectivity index (χ2v) is 7.86. The summed E-state index contributed by atoms with van der Waals surface area (Å²) in [7, 11) is 0. The molecule has 0 spiro atoms. The molecule has 0 atom stereocenters. The Morgan fingerprint density at radius 1 is 1.24 bits per heavy atom. The highest BCUT2D eigenvalue weighted by Crippen LogP contribution is 2.25. The molecule has 1 aromatic carbocycles. The van der Waals surface area contributed by atoms with E-state index in [-0.39, 0.29) is 25.1 Å². The lowest BCUT2D eigenvalue weighted by atomic mass is 10.1. The third kappa shape index (κ3) is 3.97. The van der Waals surface area contributed by atoms with Crippen LogP contribution in [0.5, 0.6) is 0 Å². The van der Waals surface area contributed by atoms with Gasteiger partial charge in [0, 0.05) is 23.1 Å². The largest absolute Gasteiger partial charge is 0.457 e. The molecule has 4 rings (SSSR count). The van der Waals surface area contributed by atoms with Gasteiger partial charge < -0.3 is 9.26 Å². The summed E-state index contributed by atoms with van der Waals surface area (Å²) in [4.78, 5) is 30.9. The van der Waals surface area contributed by atoms with E-state index in [1.54, 1.807) is 6.07 Å². The number of aryl methyl sites for hydroxylation is 3. The van der Waals surface area contributed by atoms with Crippen LogP contribution in [0.4, 0.5) is 0 Å². The van der Waals surface area contributed by atoms with Crippen LogP contribution in [0.2, 0.25) is 0 Å². The van der Waals surface area contributed by atoms with Crippen molar-refractivity contribution in [2.75, 3.05) is 0 Å². The molecule has 7 nitrogen and oxygen atoms in total. The van der Waals surface area contributed by atoms with Gasteiger partial charge in [0.15, 0.2) is 12.4 Å². The molecule has 0 bridgehead atoms. The summed E-state index contributed by atoms with van der Waals surface area (Å²) in [5, 5.41) is 4.61. The summed E-state index contributed by atoms with van der Waals surface area (Å²) < 4.78 is 11.9. The monoisotopic (exact) mass is 409 g/mol. The molecule has 0 unspecified atom stereocenters. The van der Waals surface area contributed by atoms with Crippen molar-refractivity contribution in [3.63, 3.8) is 0 Å². The van der Waals surface area contributed by atoms with E-state index >= 15 is 0 Å². The van der Waals surface area contributed by atoms with Gasteiger partial charge in [-0.05, 0) is 19.4 Å². The van der Waals surface area contributed by atoms with Gasteiger partial charge in [0.1, 0.15) is 10.5 Å². The number of nitrogens with zero attached hydrogens (tertiary/aromatic N) is 3. The summed E-state index contributed by atoms with van der Waals surface area (Å²) in [6.07, 6.45) is 1.55. The predicted octanol–water partition coefficient (Wildman–Crippen LogP) is 3.86. The van der Waals surface area contributed by atoms with E-state index in [9.17, 15) is 9.59 Å². The summed E-state index contributed by atoms with van der Waals surface area (Å²) in [5.41, 5.74) is 2.42. The Hall–Kier alpha value is -3.26. The molecular weight excluding hydrogens is 390 g/mol. The van der Waals surface area contributed by atoms with Crippen LogP contribution in [0.25, 0.3) is 21.5 Å². The highest BCUT2D eigenvalue weighted by Gasteiger charge is 2.14. The minimum absolute atomic E-state index is 0.00627. The Kier molecular flexibility index (Phi) is 5.26. The molecule has 0 saturated heterocycles. The number of hydrogen-bond donors (Lipinski definition) is 0. The molecule has 0 amide bonds. The molecular formula is C21H19N3O4S. The second-order valence-electron chi connectivity index (χ2n) is 6.66. The lowest BCUT2D eigenvalue weighted by Gasteiger charge is -2.05. The van der Waals surface area contributed by atoms with Gasteiger partial charge in [-0.25, -0.2) is 4.98 Å². The van der Waals surface area contributed by atoms with E-state index in [1.165, 1.54) is 22.2 Å². The number of fused-ring (bicyclic) bond motifs is 1. The molecule has 29 heavy (non-hydrogen) atoms. The first-order valence-corrected chi connectivity index (χ1v) is 9.96. The van der Waals surface area contributed by atoms with Crippen LogP contribution in [0.15, 0.2) is 52.0 Å². The summed E-state index contributed by atoms with van der Waals surface area (Å²) in [6.45, 7) is 4.08. The highest BCUT2D eigenvalue weighted by atomic mass is 32.1. The number of carbonyl (C=O) groups excluding carboxylic acids is 1. The van der Waals surface area contributed by atoms with Gasteiger partial charge in [0.2, 0.25) is 0 Å². The Labute approximate surface area is 170 Å². The van der Waals surface area contributed by atoms with Crippen molar-refractivity contribution >= 4 is 27.5 Å². The van der Waals surface area contributed by atoms with Gasteiger partial charge in [0.25, 0.3) is 5.56 Å². The first-order valence-electron chi connectivity index (χ1n) is 9.14. The lowest BCUT2D eigenvalue weighted by molar-refractivity contribution is -0.145. The number of esters is 1. The van der Waals surface area contributed by atoms with E-state index in [0.717, 1.165) is 20.8 Å². The number of carbonyl (C=O) groups is 1. The Morgan fingerprint density at radius 3 is 2.83 bits per heavy atom. The third-order valence-electron chi connectivity index (χ3n) is 4.72. The molecule has 0 saturated carbocycles.